The summed E-state index contributed by atoms with van der Waals surface area (Å²) in [4.78, 5) is 11.7. The van der Waals surface area contributed by atoms with Gasteiger partial charge in [0.2, 0.25) is 0 Å². The first-order valence-corrected chi connectivity index (χ1v) is 7.88. The Morgan fingerprint density at radius 3 is 2.58 bits per heavy atom. The number of ether oxygens (including phenoxy) is 1. The van der Waals surface area contributed by atoms with Gasteiger partial charge < -0.3 is 9.84 Å². The number of carboxylic acids is 1. The number of benzene rings is 2. The van der Waals surface area contributed by atoms with E-state index < -0.39 is 5.97 Å². The Labute approximate surface area is 142 Å². The van der Waals surface area contributed by atoms with Gasteiger partial charge in [-0.15, -0.1) is 6.58 Å². The Balaban J connectivity index is 2.49. The van der Waals surface area contributed by atoms with Crippen molar-refractivity contribution in [2.24, 2.45) is 0 Å². The van der Waals surface area contributed by atoms with Crippen molar-refractivity contribution < 1.29 is 14.6 Å². The maximum atomic E-state index is 11.7. The van der Waals surface area contributed by atoms with E-state index in [9.17, 15) is 9.90 Å². The largest absolute Gasteiger partial charge is 0.489 e. The molecule has 0 fully saturated rings. The van der Waals surface area contributed by atoms with Crippen LogP contribution in [-0.2, 0) is 13.0 Å². The van der Waals surface area contributed by atoms with Crippen LogP contribution in [0.1, 0.15) is 39.5 Å². The third-order valence-corrected chi connectivity index (χ3v) is 3.77. The molecular weight excluding hydrogens is 300 g/mol. The average molecular weight is 322 g/mol. The van der Waals surface area contributed by atoms with Crippen LogP contribution in [-0.4, -0.2) is 11.1 Å². The summed E-state index contributed by atoms with van der Waals surface area (Å²) in [5.41, 5.74) is 3.60. The first-order valence-electron chi connectivity index (χ1n) is 7.88. The van der Waals surface area contributed by atoms with Gasteiger partial charge in [0.25, 0.3) is 0 Å². The van der Waals surface area contributed by atoms with E-state index in [0.717, 1.165) is 11.1 Å². The zero-order chi connectivity index (χ0) is 17.5. The monoisotopic (exact) mass is 322 g/mol. The molecule has 2 aromatic rings. The minimum absolute atomic E-state index is 0.317. The first kappa shape index (κ1) is 17.5. The van der Waals surface area contributed by atoms with E-state index in [-0.39, 0.29) is 0 Å². The van der Waals surface area contributed by atoms with Crippen LogP contribution in [0.15, 0.2) is 55.1 Å². The molecule has 0 unspecified atom stereocenters. The van der Waals surface area contributed by atoms with E-state index in [0.29, 0.717) is 35.5 Å². The van der Waals surface area contributed by atoms with Crippen LogP contribution in [0.4, 0.5) is 0 Å². The van der Waals surface area contributed by atoms with Gasteiger partial charge in [0, 0.05) is 5.56 Å². The molecule has 1 N–H and O–H groups in total. The minimum atomic E-state index is -0.930. The lowest BCUT2D eigenvalue weighted by Gasteiger charge is -2.17. The molecular formula is C21H22O3. The van der Waals surface area contributed by atoms with E-state index in [4.69, 9.17) is 4.74 Å². The molecule has 0 aromatic heterocycles. The molecule has 3 heteroatoms. The second kappa shape index (κ2) is 8.16. The predicted octanol–water partition coefficient (Wildman–Crippen LogP) is 5.03. The van der Waals surface area contributed by atoms with Gasteiger partial charge in [0.15, 0.2) is 0 Å². The fourth-order valence-corrected chi connectivity index (χ4v) is 2.71. The summed E-state index contributed by atoms with van der Waals surface area (Å²) in [6.45, 7) is 7.89. The Bertz CT molecular complexity index is 758. The lowest BCUT2D eigenvalue weighted by Crippen LogP contribution is -2.09. The predicted molar refractivity (Wildman–Crippen MR) is 97.5 cm³/mol. The van der Waals surface area contributed by atoms with Crippen molar-refractivity contribution in [2.45, 2.75) is 26.9 Å². The van der Waals surface area contributed by atoms with Gasteiger partial charge in [-0.25, -0.2) is 4.79 Å². The lowest BCUT2D eigenvalue weighted by atomic mass is 9.93. The highest BCUT2D eigenvalue weighted by Gasteiger charge is 2.19. The Kier molecular flexibility index (Phi) is 5.96. The molecule has 124 valence electrons. The topological polar surface area (TPSA) is 46.5 Å². The van der Waals surface area contributed by atoms with Crippen LogP contribution in [0.2, 0.25) is 0 Å². The number of aromatic carboxylic acids is 1. The fourth-order valence-electron chi connectivity index (χ4n) is 2.71. The van der Waals surface area contributed by atoms with Crippen LogP contribution >= 0.6 is 0 Å². The van der Waals surface area contributed by atoms with Crippen LogP contribution in [0.25, 0.3) is 6.08 Å². The van der Waals surface area contributed by atoms with Gasteiger partial charge in [-0.2, -0.15) is 0 Å². The number of hydrogen-bond acceptors (Lipinski definition) is 2. The summed E-state index contributed by atoms with van der Waals surface area (Å²) >= 11 is 0. The minimum Gasteiger partial charge on any atom is -0.489 e. The molecule has 24 heavy (non-hydrogen) atoms. The molecule has 2 rings (SSSR count). The highest BCUT2D eigenvalue weighted by atomic mass is 16.5. The summed E-state index contributed by atoms with van der Waals surface area (Å²) < 4.78 is 6.00. The van der Waals surface area contributed by atoms with Gasteiger partial charge in [0.05, 0.1) is 5.56 Å². The van der Waals surface area contributed by atoms with Crippen LogP contribution in [0.3, 0.4) is 0 Å². The molecule has 2 aromatic carbocycles. The summed E-state index contributed by atoms with van der Waals surface area (Å²) in [7, 11) is 0. The van der Waals surface area contributed by atoms with E-state index in [2.05, 4.69) is 6.58 Å². The molecule has 0 atom stereocenters. The highest BCUT2D eigenvalue weighted by Crippen LogP contribution is 2.31. The van der Waals surface area contributed by atoms with Crippen molar-refractivity contribution in [3.63, 3.8) is 0 Å². The van der Waals surface area contributed by atoms with Crippen molar-refractivity contribution in [3.05, 3.63) is 82.9 Å². The molecule has 0 aliphatic carbocycles. The molecule has 3 nitrogen and oxygen atoms in total. The summed E-state index contributed by atoms with van der Waals surface area (Å²) in [5, 5.41) is 9.56. The number of hydrogen-bond donors (Lipinski definition) is 1. The number of allylic oxidation sites excluding steroid dienone is 2. The maximum absolute atomic E-state index is 11.7. The van der Waals surface area contributed by atoms with Gasteiger partial charge in [0.1, 0.15) is 12.4 Å². The zero-order valence-electron chi connectivity index (χ0n) is 14.1. The second-order valence-electron chi connectivity index (χ2n) is 5.53. The van der Waals surface area contributed by atoms with Gasteiger partial charge >= 0.3 is 5.97 Å². The molecule has 0 spiro atoms. The third-order valence-electron chi connectivity index (χ3n) is 3.77. The van der Waals surface area contributed by atoms with Gasteiger partial charge in [-0.3, -0.25) is 0 Å². The Hall–Kier alpha value is -2.81. The zero-order valence-corrected chi connectivity index (χ0v) is 14.1. The number of carbonyl (C=O) groups is 1. The second-order valence-corrected chi connectivity index (χ2v) is 5.53. The van der Waals surface area contributed by atoms with Crippen LogP contribution in [0, 0.1) is 6.92 Å². The van der Waals surface area contributed by atoms with Crippen molar-refractivity contribution in [1.82, 2.24) is 0 Å². The van der Waals surface area contributed by atoms with Crippen molar-refractivity contribution in [2.75, 3.05) is 0 Å². The number of carboxylic acid groups (broad SMARTS) is 1. The lowest BCUT2D eigenvalue weighted by molar-refractivity contribution is 0.0695. The average Bonchev–Trinajstić information content (AvgIpc) is 2.56. The van der Waals surface area contributed by atoms with E-state index in [1.165, 1.54) is 0 Å². The van der Waals surface area contributed by atoms with Crippen molar-refractivity contribution in [1.29, 1.82) is 0 Å². The van der Waals surface area contributed by atoms with E-state index in [1.54, 1.807) is 19.1 Å². The maximum Gasteiger partial charge on any atom is 0.336 e. The van der Waals surface area contributed by atoms with E-state index >= 15 is 0 Å². The number of rotatable bonds is 7. The molecule has 0 aliphatic heterocycles. The van der Waals surface area contributed by atoms with Crippen molar-refractivity contribution in [3.8, 4) is 5.75 Å². The van der Waals surface area contributed by atoms with Crippen LogP contribution < -0.4 is 4.74 Å². The normalized spacial score (nSPS) is 10.8. The molecule has 0 amide bonds. The standard InChI is InChI=1S/C21H22O3/c1-4-9-17-18(10-5-2)20(21(22)23)15(3)13-19(17)24-14-16-11-7-6-8-12-16/h4-8,10-13H,1,9,14H2,2-3H3,(H,22,23)/b10-5+. The van der Waals surface area contributed by atoms with Crippen molar-refractivity contribution >= 4 is 12.0 Å². The molecule has 0 heterocycles. The fraction of sp³-hybridized carbons (Fsp3) is 0.190. The molecule has 0 radical (unpaired) electrons. The molecule has 0 saturated heterocycles. The van der Waals surface area contributed by atoms with E-state index in [1.807, 2.05) is 49.4 Å². The Morgan fingerprint density at radius 2 is 2.00 bits per heavy atom. The molecule has 0 bridgehead atoms. The smallest absolute Gasteiger partial charge is 0.336 e. The van der Waals surface area contributed by atoms with Gasteiger partial charge in [-0.1, -0.05) is 48.6 Å². The SMILES string of the molecule is C=CCc1c(OCc2ccccc2)cc(C)c(C(=O)O)c1/C=C/C. The number of aryl methyl sites for hydroxylation is 1. The first-order chi connectivity index (χ1) is 11.6. The summed E-state index contributed by atoms with van der Waals surface area (Å²) in [6, 6.07) is 11.7. The Morgan fingerprint density at radius 1 is 1.29 bits per heavy atom. The summed E-state index contributed by atoms with van der Waals surface area (Å²) in [5.74, 6) is -0.227. The quantitative estimate of drug-likeness (QED) is 0.727. The summed E-state index contributed by atoms with van der Waals surface area (Å²) in [6.07, 6.45) is 5.97. The van der Waals surface area contributed by atoms with Gasteiger partial charge in [-0.05, 0) is 43.0 Å². The molecule has 0 aliphatic rings. The third kappa shape index (κ3) is 3.93. The highest BCUT2D eigenvalue weighted by molar-refractivity contribution is 5.95. The van der Waals surface area contributed by atoms with Crippen LogP contribution in [0.5, 0.6) is 5.75 Å². The molecule has 0 saturated carbocycles.